The van der Waals surface area contributed by atoms with Crippen molar-refractivity contribution in [2.75, 3.05) is 0 Å². The molecule has 1 amide bonds. The van der Waals surface area contributed by atoms with E-state index in [0.717, 1.165) is 12.8 Å². The molecule has 2 rings (SSSR count). The molecule has 0 saturated heterocycles. The van der Waals surface area contributed by atoms with Crippen LogP contribution in [0.15, 0.2) is 12.4 Å². The Balaban J connectivity index is 1.97. The smallest absolute Gasteiger partial charge is 0.254 e. The lowest BCUT2D eigenvalue weighted by Gasteiger charge is -2.21. The molecule has 1 N–H and O–H groups in total. The van der Waals surface area contributed by atoms with Crippen molar-refractivity contribution < 1.29 is 4.79 Å². The van der Waals surface area contributed by atoms with Crippen molar-refractivity contribution in [1.82, 2.24) is 15.1 Å². The molecule has 0 bridgehead atoms. The molecule has 17 heavy (non-hydrogen) atoms. The predicted octanol–water partition coefficient (Wildman–Crippen LogP) is 2.25. The highest BCUT2D eigenvalue weighted by Gasteiger charge is 2.23. The Morgan fingerprint density at radius 1 is 1.47 bits per heavy atom. The minimum absolute atomic E-state index is 0.0190. The number of rotatable bonds is 2. The number of aryl methyl sites for hydroxylation is 1. The van der Waals surface area contributed by atoms with Crippen LogP contribution in [0.5, 0.6) is 0 Å². The standard InChI is InChI=1S/C12H18BrN3O/c1-16-8-9(7-14-16)12(17)15-11-6-4-2-3-5-10(11)13/h7-8,10-11H,2-6H2,1H3,(H,15,17). The van der Waals surface area contributed by atoms with Crippen LogP contribution < -0.4 is 5.32 Å². The zero-order chi connectivity index (χ0) is 12.3. The lowest BCUT2D eigenvalue weighted by molar-refractivity contribution is 0.0935. The molecule has 0 aromatic carbocycles. The summed E-state index contributed by atoms with van der Waals surface area (Å²) in [6.45, 7) is 0. The first-order valence-corrected chi connectivity index (χ1v) is 7.02. The third-order valence-electron chi connectivity index (χ3n) is 3.22. The molecule has 0 spiro atoms. The van der Waals surface area contributed by atoms with Crippen molar-refractivity contribution in [2.45, 2.75) is 43.0 Å². The number of hydrogen-bond acceptors (Lipinski definition) is 2. The Hall–Kier alpha value is -0.840. The number of carbonyl (C=O) groups excluding carboxylic acids is 1. The minimum Gasteiger partial charge on any atom is -0.348 e. The summed E-state index contributed by atoms with van der Waals surface area (Å²) in [5.74, 6) is -0.0190. The topological polar surface area (TPSA) is 46.9 Å². The van der Waals surface area contributed by atoms with Crippen LogP contribution in [-0.4, -0.2) is 26.6 Å². The average molecular weight is 300 g/mol. The molecule has 1 fully saturated rings. The maximum Gasteiger partial charge on any atom is 0.254 e. The molecule has 4 nitrogen and oxygen atoms in total. The van der Waals surface area contributed by atoms with Gasteiger partial charge in [0.2, 0.25) is 0 Å². The van der Waals surface area contributed by atoms with E-state index < -0.39 is 0 Å². The van der Waals surface area contributed by atoms with Gasteiger partial charge < -0.3 is 5.32 Å². The van der Waals surface area contributed by atoms with Crippen LogP contribution in [-0.2, 0) is 7.05 Å². The number of nitrogens with one attached hydrogen (secondary N) is 1. The number of amides is 1. The van der Waals surface area contributed by atoms with E-state index >= 15 is 0 Å². The maximum atomic E-state index is 12.0. The van der Waals surface area contributed by atoms with Crippen molar-refractivity contribution in [3.63, 3.8) is 0 Å². The molecule has 0 aliphatic heterocycles. The van der Waals surface area contributed by atoms with Gasteiger partial charge in [0.1, 0.15) is 0 Å². The molecule has 1 aromatic heterocycles. The SMILES string of the molecule is Cn1cc(C(=O)NC2CCCCCC2Br)cn1. The molecule has 0 radical (unpaired) electrons. The predicted molar refractivity (Wildman–Crippen MR) is 70.3 cm³/mol. The Morgan fingerprint density at radius 2 is 2.24 bits per heavy atom. The zero-order valence-corrected chi connectivity index (χ0v) is 11.6. The molecule has 94 valence electrons. The van der Waals surface area contributed by atoms with Crippen LogP contribution in [0.4, 0.5) is 0 Å². The van der Waals surface area contributed by atoms with Gasteiger partial charge in [0, 0.05) is 24.1 Å². The van der Waals surface area contributed by atoms with Crippen LogP contribution in [0.3, 0.4) is 0 Å². The van der Waals surface area contributed by atoms with Crippen LogP contribution in [0.25, 0.3) is 0 Å². The summed E-state index contributed by atoms with van der Waals surface area (Å²) in [5, 5.41) is 7.11. The average Bonchev–Trinajstić information content (AvgIpc) is 2.63. The van der Waals surface area contributed by atoms with Crippen LogP contribution in [0.2, 0.25) is 0 Å². The van der Waals surface area contributed by atoms with Gasteiger partial charge in [-0.25, -0.2) is 0 Å². The summed E-state index contributed by atoms with van der Waals surface area (Å²) in [6.07, 6.45) is 9.25. The van der Waals surface area contributed by atoms with E-state index in [2.05, 4.69) is 26.3 Å². The van der Waals surface area contributed by atoms with Crippen molar-refractivity contribution in [2.24, 2.45) is 7.05 Å². The maximum absolute atomic E-state index is 12.0. The van der Waals surface area contributed by atoms with Crippen LogP contribution in [0, 0.1) is 0 Å². The fourth-order valence-corrected chi connectivity index (χ4v) is 2.94. The van der Waals surface area contributed by atoms with Gasteiger partial charge >= 0.3 is 0 Å². The van der Waals surface area contributed by atoms with E-state index in [4.69, 9.17) is 0 Å². The lowest BCUT2D eigenvalue weighted by Crippen LogP contribution is -2.40. The second-order valence-electron chi connectivity index (χ2n) is 4.64. The summed E-state index contributed by atoms with van der Waals surface area (Å²) in [6, 6.07) is 0.241. The van der Waals surface area contributed by atoms with Crippen molar-refractivity contribution in [1.29, 1.82) is 0 Å². The van der Waals surface area contributed by atoms with Gasteiger partial charge in [0.05, 0.1) is 11.8 Å². The monoisotopic (exact) mass is 299 g/mol. The number of halogens is 1. The number of carbonyl (C=O) groups is 1. The quantitative estimate of drug-likeness (QED) is 0.672. The Morgan fingerprint density at radius 3 is 2.94 bits per heavy atom. The molecule has 1 saturated carbocycles. The second kappa shape index (κ2) is 5.67. The first-order valence-electron chi connectivity index (χ1n) is 6.10. The first-order chi connectivity index (χ1) is 8.16. The number of alkyl halides is 1. The largest absolute Gasteiger partial charge is 0.348 e. The number of nitrogens with zero attached hydrogens (tertiary/aromatic N) is 2. The molecule has 2 unspecified atom stereocenters. The molecular formula is C12H18BrN3O. The Bertz CT molecular complexity index is 391. The van der Waals surface area contributed by atoms with E-state index in [1.807, 2.05) is 7.05 Å². The van der Waals surface area contributed by atoms with Gasteiger partial charge in [-0.05, 0) is 12.8 Å². The van der Waals surface area contributed by atoms with E-state index in [1.54, 1.807) is 17.1 Å². The summed E-state index contributed by atoms with van der Waals surface area (Å²) >= 11 is 3.68. The molecular weight excluding hydrogens is 282 g/mol. The van der Waals surface area contributed by atoms with E-state index in [1.165, 1.54) is 19.3 Å². The highest BCUT2D eigenvalue weighted by molar-refractivity contribution is 9.09. The molecule has 1 aliphatic carbocycles. The third kappa shape index (κ3) is 3.31. The fourth-order valence-electron chi connectivity index (χ4n) is 2.22. The van der Waals surface area contributed by atoms with Crippen LogP contribution in [0.1, 0.15) is 42.5 Å². The number of hydrogen-bond donors (Lipinski definition) is 1. The third-order valence-corrected chi connectivity index (χ3v) is 4.31. The normalized spacial score (nSPS) is 25.3. The minimum atomic E-state index is -0.0190. The number of aromatic nitrogens is 2. The van der Waals surface area contributed by atoms with Crippen molar-refractivity contribution in [3.05, 3.63) is 18.0 Å². The van der Waals surface area contributed by atoms with Gasteiger partial charge in [-0.2, -0.15) is 5.10 Å². The van der Waals surface area contributed by atoms with E-state index in [0.29, 0.717) is 10.4 Å². The van der Waals surface area contributed by atoms with Gasteiger partial charge in [0.25, 0.3) is 5.91 Å². The second-order valence-corrected chi connectivity index (χ2v) is 5.81. The first kappa shape index (κ1) is 12.6. The van der Waals surface area contributed by atoms with Crippen molar-refractivity contribution >= 4 is 21.8 Å². The van der Waals surface area contributed by atoms with Gasteiger partial charge in [0.15, 0.2) is 0 Å². The lowest BCUT2D eigenvalue weighted by atomic mass is 10.1. The van der Waals surface area contributed by atoms with E-state index in [9.17, 15) is 4.79 Å². The summed E-state index contributed by atoms with van der Waals surface area (Å²) in [5.41, 5.74) is 0.636. The Kier molecular flexibility index (Phi) is 4.20. The molecule has 1 heterocycles. The van der Waals surface area contributed by atoms with Crippen molar-refractivity contribution in [3.8, 4) is 0 Å². The van der Waals surface area contributed by atoms with Gasteiger partial charge in [-0.3, -0.25) is 9.48 Å². The molecule has 5 heteroatoms. The van der Waals surface area contributed by atoms with Gasteiger partial charge in [-0.1, -0.05) is 35.2 Å². The fraction of sp³-hybridized carbons (Fsp3) is 0.667. The molecule has 2 atom stereocenters. The van der Waals surface area contributed by atoms with Gasteiger partial charge in [-0.15, -0.1) is 0 Å². The zero-order valence-electron chi connectivity index (χ0n) is 10.0. The molecule has 1 aliphatic rings. The highest BCUT2D eigenvalue weighted by Crippen LogP contribution is 2.23. The Labute approximate surface area is 110 Å². The summed E-state index contributed by atoms with van der Waals surface area (Å²) in [7, 11) is 1.82. The summed E-state index contributed by atoms with van der Waals surface area (Å²) < 4.78 is 1.65. The summed E-state index contributed by atoms with van der Waals surface area (Å²) in [4.78, 5) is 12.4. The molecule has 1 aromatic rings. The highest BCUT2D eigenvalue weighted by atomic mass is 79.9. The van der Waals surface area contributed by atoms with E-state index in [-0.39, 0.29) is 11.9 Å². The van der Waals surface area contributed by atoms with Crippen LogP contribution >= 0.6 is 15.9 Å².